The first-order valence-corrected chi connectivity index (χ1v) is 5.05. The maximum atomic E-state index is 12.0. The molecule has 0 spiro atoms. The van der Waals surface area contributed by atoms with Crippen LogP contribution in [0.5, 0.6) is 0 Å². The standard InChI is InChI=1S/C7H11BF3N2S.K/c1-6-7(14-5-12-6)3-13(2)4-8(9,10)11;/h5H,3-4H2,1-2H3;/q-1;+1. The summed E-state index contributed by atoms with van der Waals surface area (Å²) in [6.07, 6.45) is -0.822. The third-order valence-corrected chi connectivity index (χ3v) is 2.70. The molecule has 0 saturated carbocycles. The molecule has 0 aromatic carbocycles. The van der Waals surface area contributed by atoms with Gasteiger partial charge in [0.2, 0.25) is 0 Å². The Kier molecular flexibility index (Phi) is 7.21. The zero-order valence-electron chi connectivity index (χ0n) is 9.01. The van der Waals surface area contributed by atoms with Gasteiger partial charge in [-0.1, -0.05) is 0 Å². The van der Waals surface area contributed by atoms with E-state index in [0.717, 1.165) is 10.6 Å². The SMILES string of the molecule is Cc1ncsc1CN(C)C[B-](F)(F)F.[K+]. The van der Waals surface area contributed by atoms with Crippen molar-refractivity contribution in [1.29, 1.82) is 0 Å². The summed E-state index contributed by atoms with van der Waals surface area (Å²) in [6.45, 7) is -2.61. The van der Waals surface area contributed by atoms with Crippen molar-refractivity contribution in [3.05, 3.63) is 16.1 Å². The van der Waals surface area contributed by atoms with Gasteiger partial charge in [0.25, 0.3) is 0 Å². The number of hydrogen-bond donors (Lipinski definition) is 0. The first-order chi connectivity index (χ1) is 6.38. The Bertz CT molecular complexity index is 305. The number of hydrogen-bond acceptors (Lipinski definition) is 3. The fraction of sp³-hybridized carbons (Fsp3) is 0.571. The molecular weight excluding hydrogens is 251 g/mol. The predicted octanol–water partition coefficient (Wildman–Crippen LogP) is -0.726. The van der Waals surface area contributed by atoms with Crippen LogP contribution < -0.4 is 51.4 Å². The second-order valence-electron chi connectivity index (χ2n) is 3.27. The van der Waals surface area contributed by atoms with E-state index in [1.54, 1.807) is 12.4 Å². The quantitative estimate of drug-likeness (QED) is 0.665. The van der Waals surface area contributed by atoms with Gasteiger partial charge in [-0.25, -0.2) is 4.98 Å². The van der Waals surface area contributed by atoms with E-state index in [9.17, 15) is 12.9 Å². The van der Waals surface area contributed by atoms with Crippen LogP contribution in [0.1, 0.15) is 10.6 Å². The summed E-state index contributed by atoms with van der Waals surface area (Å²) in [5.41, 5.74) is 2.47. The molecule has 8 heteroatoms. The number of halogens is 3. The number of rotatable bonds is 4. The fourth-order valence-electron chi connectivity index (χ4n) is 1.14. The van der Waals surface area contributed by atoms with Gasteiger partial charge in [0.1, 0.15) is 0 Å². The van der Waals surface area contributed by atoms with E-state index in [0.29, 0.717) is 6.54 Å². The molecule has 15 heavy (non-hydrogen) atoms. The monoisotopic (exact) mass is 262 g/mol. The molecule has 0 atom stereocenters. The summed E-state index contributed by atoms with van der Waals surface area (Å²) in [5, 5.41) is 0. The first-order valence-electron chi connectivity index (χ1n) is 4.17. The van der Waals surface area contributed by atoms with Crippen molar-refractivity contribution < 1.29 is 64.3 Å². The molecule has 0 bridgehead atoms. The van der Waals surface area contributed by atoms with Crippen LogP contribution in [-0.2, 0) is 6.54 Å². The third-order valence-electron chi connectivity index (χ3n) is 1.78. The van der Waals surface area contributed by atoms with Gasteiger partial charge < -0.3 is 17.8 Å². The van der Waals surface area contributed by atoms with Gasteiger partial charge in [0, 0.05) is 11.4 Å². The zero-order valence-corrected chi connectivity index (χ0v) is 12.9. The fourth-order valence-corrected chi connectivity index (χ4v) is 2.00. The van der Waals surface area contributed by atoms with Gasteiger partial charge in [0.05, 0.1) is 11.2 Å². The summed E-state index contributed by atoms with van der Waals surface area (Å²) in [4.78, 5) is 6.14. The average Bonchev–Trinajstić information content (AvgIpc) is 2.32. The van der Waals surface area contributed by atoms with Crippen molar-refractivity contribution in [2.75, 3.05) is 13.5 Å². The second kappa shape index (κ2) is 6.73. The van der Waals surface area contributed by atoms with Crippen molar-refractivity contribution in [2.45, 2.75) is 13.5 Å². The van der Waals surface area contributed by atoms with Crippen LogP contribution in [0.25, 0.3) is 0 Å². The van der Waals surface area contributed by atoms with Crippen molar-refractivity contribution in [3.8, 4) is 0 Å². The smallest absolute Gasteiger partial charge is 0.448 e. The summed E-state index contributed by atoms with van der Waals surface area (Å²) >= 11 is 1.39. The topological polar surface area (TPSA) is 16.1 Å². The normalized spacial score (nSPS) is 11.6. The summed E-state index contributed by atoms with van der Waals surface area (Å²) in [7, 11) is 1.47. The second-order valence-corrected chi connectivity index (χ2v) is 4.21. The minimum atomic E-state index is -4.73. The largest absolute Gasteiger partial charge is 1.00 e. The molecule has 0 aliphatic carbocycles. The molecule has 0 saturated heterocycles. The summed E-state index contributed by atoms with van der Waals surface area (Å²) < 4.78 is 36.1. The molecule has 0 amide bonds. The molecule has 0 unspecified atom stereocenters. The predicted molar refractivity (Wildman–Crippen MR) is 52.3 cm³/mol. The average molecular weight is 262 g/mol. The number of thiazole rings is 1. The maximum absolute atomic E-state index is 12.0. The van der Waals surface area contributed by atoms with E-state index in [2.05, 4.69) is 4.98 Å². The first kappa shape index (κ1) is 16.1. The Hall–Kier alpha value is 1.08. The molecule has 2 nitrogen and oxygen atoms in total. The molecular formula is C7H11BF3KN2S. The Morgan fingerprint density at radius 1 is 1.47 bits per heavy atom. The zero-order chi connectivity index (χ0) is 10.8. The van der Waals surface area contributed by atoms with E-state index >= 15 is 0 Å². The Labute approximate surface area is 134 Å². The van der Waals surface area contributed by atoms with Crippen LogP contribution in [0.2, 0.25) is 0 Å². The van der Waals surface area contributed by atoms with Crippen molar-refractivity contribution in [3.63, 3.8) is 0 Å². The van der Waals surface area contributed by atoms with Crippen LogP contribution in [0, 0.1) is 6.92 Å². The van der Waals surface area contributed by atoms with E-state index in [4.69, 9.17) is 0 Å². The molecule has 1 heterocycles. The summed E-state index contributed by atoms with van der Waals surface area (Å²) in [5.74, 6) is 0. The number of nitrogens with zero attached hydrogens (tertiary/aromatic N) is 2. The molecule has 0 aliphatic rings. The van der Waals surface area contributed by atoms with Crippen LogP contribution in [0.3, 0.4) is 0 Å². The molecule has 0 N–H and O–H groups in total. The van der Waals surface area contributed by atoms with Crippen LogP contribution in [0.4, 0.5) is 12.9 Å². The molecule has 0 fully saturated rings. The van der Waals surface area contributed by atoms with Gasteiger partial charge in [-0.3, -0.25) is 0 Å². The Morgan fingerprint density at radius 2 is 2.07 bits per heavy atom. The maximum Gasteiger partial charge on any atom is 1.00 e. The van der Waals surface area contributed by atoms with E-state index in [-0.39, 0.29) is 51.4 Å². The van der Waals surface area contributed by atoms with Gasteiger partial charge in [-0.15, -0.1) is 11.3 Å². The van der Waals surface area contributed by atoms with Gasteiger partial charge in [-0.05, 0) is 20.4 Å². The van der Waals surface area contributed by atoms with Crippen LogP contribution in [-0.4, -0.2) is 30.4 Å². The number of aryl methyl sites for hydroxylation is 1. The minimum absolute atomic E-state index is 0. The third kappa shape index (κ3) is 6.40. The number of aromatic nitrogens is 1. The van der Waals surface area contributed by atoms with Crippen molar-refractivity contribution in [2.24, 2.45) is 0 Å². The van der Waals surface area contributed by atoms with Crippen molar-refractivity contribution >= 4 is 18.3 Å². The molecule has 1 rings (SSSR count). The summed E-state index contributed by atoms with van der Waals surface area (Å²) in [6, 6.07) is 0. The molecule has 0 aliphatic heterocycles. The molecule has 1 aromatic rings. The van der Waals surface area contributed by atoms with Crippen LogP contribution >= 0.6 is 11.3 Å². The van der Waals surface area contributed by atoms with Gasteiger partial charge in [0.15, 0.2) is 0 Å². The van der Waals surface area contributed by atoms with E-state index in [1.807, 2.05) is 0 Å². The van der Waals surface area contributed by atoms with Crippen LogP contribution in [0.15, 0.2) is 5.51 Å². The Morgan fingerprint density at radius 3 is 2.47 bits per heavy atom. The van der Waals surface area contributed by atoms with Gasteiger partial charge >= 0.3 is 58.4 Å². The molecule has 0 radical (unpaired) electrons. The minimum Gasteiger partial charge on any atom is -0.448 e. The molecule has 1 aromatic heterocycles. The van der Waals surface area contributed by atoms with E-state index < -0.39 is 13.4 Å². The Balaban J connectivity index is 0.00000196. The molecule has 80 valence electrons. The van der Waals surface area contributed by atoms with E-state index in [1.165, 1.54) is 23.3 Å². The van der Waals surface area contributed by atoms with Crippen molar-refractivity contribution in [1.82, 2.24) is 9.88 Å². The van der Waals surface area contributed by atoms with Gasteiger partial charge in [-0.2, -0.15) is 0 Å².